The number of aromatic nitrogens is 1. The van der Waals surface area contributed by atoms with Gasteiger partial charge < -0.3 is 10.0 Å². The van der Waals surface area contributed by atoms with Crippen molar-refractivity contribution in [3.63, 3.8) is 0 Å². The molecule has 2 heterocycles. The van der Waals surface area contributed by atoms with E-state index in [2.05, 4.69) is 4.98 Å². The lowest BCUT2D eigenvalue weighted by Crippen LogP contribution is -2.40. The first-order valence-corrected chi connectivity index (χ1v) is 9.73. The number of likely N-dealkylation sites (tertiary alicyclic amines) is 1. The van der Waals surface area contributed by atoms with Crippen molar-refractivity contribution < 1.29 is 14.3 Å². The van der Waals surface area contributed by atoms with E-state index < -0.39 is 0 Å². The van der Waals surface area contributed by atoms with Gasteiger partial charge >= 0.3 is 0 Å². The van der Waals surface area contributed by atoms with Crippen molar-refractivity contribution in [1.82, 2.24) is 9.88 Å². The molecule has 4 nitrogen and oxygen atoms in total. The maximum Gasteiger partial charge on any atom is 0.257 e. The second kappa shape index (κ2) is 7.97. The van der Waals surface area contributed by atoms with E-state index in [0.717, 1.165) is 30.2 Å². The first-order chi connectivity index (χ1) is 13.6. The highest BCUT2D eigenvalue weighted by atomic mass is 19.1. The molecule has 5 heteroatoms. The predicted octanol–water partition coefficient (Wildman–Crippen LogP) is 4.56. The van der Waals surface area contributed by atoms with Crippen LogP contribution < -0.4 is 0 Å². The summed E-state index contributed by atoms with van der Waals surface area (Å²) in [4.78, 5) is 19.0. The van der Waals surface area contributed by atoms with E-state index in [1.54, 1.807) is 29.3 Å². The van der Waals surface area contributed by atoms with Gasteiger partial charge in [-0.15, -0.1) is 0 Å². The second-order valence-electron chi connectivity index (χ2n) is 7.43. The van der Waals surface area contributed by atoms with Gasteiger partial charge in [-0.2, -0.15) is 0 Å². The Morgan fingerprint density at radius 3 is 2.89 bits per heavy atom. The fourth-order valence-corrected chi connectivity index (χ4v) is 4.02. The smallest absolute Gasteiger partial charge is 0.257 e. The van der Waals surface area contributed by atoms with Gasteiger partial charge in [0, 0.05) is 24.7 Å². The van der Waals surface area contributed by atoms with Gasteiger partial charge in [0.05, 0.1) is 5.56 Å². The minimum absolute atomic E-state index is 0.0587. The van der Waals surface area contributed by atoms with Crippen molar-refractivity contribution in [2.45, 2.75) is 25.7 Å². The maximum absolute atomic E-state index is 13.8. The van der Waals surface area contributed by atoms with Crippen LogP contribution in [0.5, 0.6) is 5.75 Å². The Bertz CT molecular complexity index is 1000. The normalized spacial score (nSPS) is 17.0. The van der Waals surface area contributed by atoms with Gasteiger partial charge in [-0.3, -0.25) is 9.78 Å². The van der Waals surface area contributed by atoms with Gasteiger partial charge in [0.2, 0.25) is 0 Å². The molecule has 0 bridgehead atoms. The Morgan fingerprint density at radius 1 is 1.18 bits per heavy atom. The molecule has 1 N–H and O–H groups in total. The molecule has 1 saturated heterocycles. The molecule has 0 saturated carbocycles. The number of hydrogen-bond donors (Lipinski definition) is 1. The summed E-state index contributed by atoms with van der Waals surface area (Å²) in [6.07, 6.45) is 5.07. The fraction of sp³-hybridized carbons (Fsp3) is 0.304. The highest BCUT2D eigenvalue weighted by molar-refractivity contribution is 6.02. The highest BCUT2D eigenvalue weighted by Gasteiger charge is 2.26. The number of amides is 1. The Hall–Kier alpha value is -2.95. The van der Waals surface area contributed by atoms with Crippen LogP contribution in [0.25, 0.3) is 10.9 Å². The lowest BCUT2D eigenvalue weighted by Gasteiger charge is -2.33. The third kappa shape index (κ3) is 3.70. The van der Waals surface area contributed by atoms with Crippen LogP contribution >= 0.6 is 0 Å². The van der Waals surface area contributed by atoms with Crippen molar-refractivity contribution in [2.75, 3.05) is 13.1 Å². The molecule has 4 rings (SSSR count). The van der Waals surface area contributed by atoms with Crippen LogP contribution in [0.2, 0.25) is 0 Å². The molecule has 2 aromatic carbocycles. The van der Waals surface area contributed by atoms with Crippen molar-refractivity contribution in [3.8, 4) is 5.75 Å². The number of rotatable bonds is 4. The van der Waals surface area contributed by atoms with Crippen LogP contribution in [0.15, 0.2) is 54.7 Å². The number of phenols is 1. The number of hydrogen-bond acceptors (Lipinski definition) is 3. The topological polar surface area (TPSA) is 53.4 Å². The van der Waals surface area contributed by atoms with E-state index in [-0.39, 0.29) is 17.5 Å². The minimum Gasteiger partial charge on any atom is -0.505 e. The lowest BCUT2D eigenvalue weighted by atomic mass is 9.91. The molecule has 1 amide bonds. The number of aromatic hydroxyl groups is 1. The zero-order valence-corrected chi connectivity index (χ0v) is 15.6. The maximum atomic E-state index is 13.8. The first-order valence-electron chi connectivity index (χ1n) is 9.73. The number of phenolic OH excluding ortho intramolecular Hbond substituents is 1. The van der Waals surface area contributed by atoms with Gasteiger partial charge in [0.15, 0.2) is 5.75 Å². The fourth-order valence-electron chi connectivity index (χ4n) is 4.02. The number of halogens is 1. The third-order valence-corrected chi connectivity index (χ3v) is 5.56. The molecule has 1 aliphatic heterocycles. The lowest BCUT2D eigenvalue weighted by molar-refractivity contribution is 0.0665. The summed E-state index contributed by atoms with van der Waals surface area (Å²) in [5.74, 6) is -0.0601. The van der Waals surface area contributed by atoms with E-state index in [4.69, 9.17) is 0 Å². The molecule has 1 aromatic heterocycles. The third-order valence-electron chi connectivity index (χ3n) is 5.56. The Morgan fingerprint density at radius 2 is 2.04 bits per heavy atom. The molecule has 0 aliphatic carbocycles. The van der Waals surface area contributed by atoms with E-state index in [1.807, 2.05) is 24.3 Å². The number of benzene rings is 2. The zero-order valence-electron chi connectivity index (χ0n) is 15.6. The molecule has 0 radical (unpaired) electrons. The Balaban J connectivity index is 1.46. The van der Waals surface area contributed by atoms with Gasteiger partial charge in [0.1, 0.15) is 11.3 Å². The number of nitrogens with zero attached hydrogens (tertiary/aromatic N) is 2. The number of carbonyl (C=O) groups is 1. The second-order valence-corrected chi connectivity index (χ2v) is 7.43. The quantitative estimate of drug-likeness (QED) is 0.724. The number of carbonyl (C=O) groups excluding carboxylic acids is 1. The van der Waals surface area contributed by atoms with Crippen molar-refractivity contribution in [3.05, 3.63) is 71.7 Å². The van der Waals surface area contributed by atoms with Crippen LogP contribution in [0.4, 0.5) is 4.39 Å². The molecule has 1 fully saturated rings. The standard InChI is InChI=1S/C23H23FN2O2/c24-20-8-2-1-6-17(20)10-9-16-5-4-14-26(15-16)23(28)19-12-11-18-7-3-13-25-21(18)22(19)27/h1-3,6-8,11-13,16,27H,4-5,9-10,14-15H2/t16-/m1/s1. The van der Waals surface area contributed by atoms with E-state index in [1.165, 1.54) is 6.07 Å². The van der Waals surface area contributed by atoms with Crippen molar-refractivity contribution >= 4 is 16.8 Å². The molecule has 144 valence electrons. The monoisotopic (exact) mass is 378 g/mol. The Labute approximate surface area is 163 Å². The first kappa shape index (κ1) is 18.4. The van der Waals surface area contributed by atoms with Crippen LogP contribution in [-0.4, -0.2) is 34.0 Å². The molecule has 28 heavy (non-hydrogen) atoms. The number of pyridine rings is 1. The minimum atomic E-state index is -0.167. The molecule has 1 aliphatic rings. The van der Waals surface area contributed by atoms with Gasteiger partial charge in [-0.05, 0) is 55.4 Å². The van der Waals surface area contributed by atoms with Crippen molar-refractivity contribution in [1.29, 1.82) is 0 Å². The van der Waals surface area contributed by atoms with Crippen LogP contribution in [0.3, 0.4) is 0 Å². The summed E-state index contributed by atoms with van der Waals surface area (Å²) in [6.45, 7) is 1.31. The summed E-state index contributed by atoms with van der Waals surface area (Å²) < 4.78 is 13.8. The number of piperidine rings is 1. The average Bonchev–Trinajstić information content (AvgIpc) is 2.73. The number of aryl methyl sites for hydroxylation is 1. The summed E-state index contributed by atoms with van der Waals surface area (Å²) in [5, 5.41) is 11.4. The molecular weight excluding hydrogens is 355 g/mol. The van der Waals surface area contributed by atoms with Gasteiger partial charge in [-0.25, -0.2) is 4.39 Å². The average molecular weight is 378 g/mol. The van der Waals surface area contributed by atoms with Crippen LogP contribution in [-0.2, 0) is 6.42 Å². The molecule has 0 spiro atoms. The summed E-state index contributed by atoms with van der Waals surface area (Å²) in [6, 6.07) is 14.0. The van der Waals surface area contributed by atoms with E-state index in [0.29, 0.717) is 36.5 Å². The van der Waals surface area contributed by atoms with Gasteiger partial charge in [0.25, 0.3) is 5.91 Å². The SMILES string of the molecule is O=C(c1ccc2cccnc2c1O)N1CCC[C@H](CCc2ccccc2F)C1. The molecule has 0 unspecified atom stereocenters. The molecule has 1 atom stereocenters. The van der Waals surface area contributed by atoms with Crippen LogP contribution in [0.1, 0.15) is 35.2 Å². The summed E-state index contributed by atoms with van der Waals surface area (Å²) in [7, 11) is 0. The molecular formula is C23H23FN2O2. The van der Waals surface area contributed by atoms with Crippen molar-refractivity contribution in [2.24, 2.45) is 5.92 Å². The number of fused-ring (bicyclic) bond motifs is 1. The summed E-state index contributed by atoms with van der Waals surface area (Å²) in [5.41, 5.74) is 1.46. The van der Waals surface area contributed by atoms with E-state index >= 15 is 0 Å². The Kier molecular flexibility index (Phi) is 5.24. The largest absolute Gasteiger partial charge is 0.505 e. The zero-order chi connectivity index (χ0) is 19.5. The predicted molar refractivity (Wildman–Crippen MR) is 107 cm³/mol. The van der Waals surface area contributed by atoms with Gasteiger partial charge in [-0.1, -0.05) is 30.3 Å². The van der Waals surface area contributed by atoms with E-state index in [9.17, 15) is 14.3 Å². The molecule has 3 aromatic rings. The van der Waals surface area contributed by atoms with Crippen LogP contribution in [0, 0.1) is 11.7 Å². The summed E-state index contributed by atoms with van der Waals surface area (Å²) >= 11 is 0. The highest BCUT2D eigenvalue weighted by Crippen LogP contribution is 2.30.